The van der Waals surface area contributed by atoms with Crippen molar-refractivity contribution in [3.63, 3.8) is 0 Å². The van der Waals surface area contributed by atoms with Crippen molar-refractivity contribution in [2.45, 2.75) is 19.4 Å². The van der Waals surface area contributed by atoms with Crippen LogP contribution < -0.4 is 16.0 Å². The van der Waals surface area contributed by atoms with Crippen LogP contribution in [0.25, 0.3) is 0 Å². The summed E-state index contributed by atoms with van der Waals surface area (Å²) < 4.78 is 5.67. The molecule has 18 heavy (non-hydrogen) atoms. The van der Waals surface area contributed by atoms with E-state index in [0.29, 0.717) is 6.61 Å². The minimum atomic E-state index is 0.0655. The van der Waals surface area contributed by atoms with E-state index in [2.05, 4.69) is 10.4 Å². The number of nitrogens with zero attached hydrogens (tertiary/aromatic N) is 1. The lowest BCUT2D eigenvalue weighted by Gasteiger charge is -2.15. The normalized spacial score (nSPS) is 12.3. The summed E-state index contributed by atoms with van der Waals surface area (Å²) in [5, 5.41) is 3.12. The summed E-state index contributed by atoms with van der Waals surface area (Å²) in [6, 6.07) is 9.79. The van der Waals surface area contributed by atoms with Gasteiger partial charge in [-0.05, 0) is 19.1 Å². The number of aromatic nitrogens is 1. The average molecular weight is 263 g/mol. The molecule has 5 heteroatoms. The molecule has 4 nitrogen and oxygen atoms in total. The van der Waals surface area contributed by atoms with Crippen LogP contribution in [0, 0.1) is 6.92 Å². The molecule has 0 aliphatic rings. The minimum Gasteiger partial charge on any atom is -0.492 e. The van der Waals surface area contributed by atoms with Gasteiger partial charge in [0.1, 0.15) is 12.4 Å². The Morgan fingerprint density at radius 3 is 2.78 bits per heavy atom. The van der Waals surface area contributed by atoms with Crippen molar-refractivity contribution in [1.82, 2.24) is 10.4 Å². The summed E-state index contributed by atoms with van der Waals surface area (Å²) in [6.45, 7) is 2.52. The summed E-state index contributed by atoms with van der Waals surface area (Å²) in [7, 11) is 0. The highest BCUT2D eigenvalue weighted by atomic mass is 32.1. The van der Waals surface area contributed by atoms with Crippen LogP contribution in [0.1, 0.15) is 10.7 Å². The van der Waals surface area contributed by atoms with Gasteiger partial charge in [0.15, 0.2) is 0 Å². The van der Waals surface area contributed by atoms with E-state index in [-0.39, 0.29) is 6.04 Å². The quantitative estimate of drug-likeness (QED) is 0.617. The van der Waals surface area contributed by atoms with E-state index in [4.69, 9.17) is 10.6 Å². The second-order valence-electron chi connectivity index (χ2n) is 4.07. The molecule has 0 aliphatic heterocycles. The maximum absolute atomic E-state index is 5.67. The lowest BCUT2D eigenvalue weighted by Crippen LogP contribution is -2.41. The average Bonchev–Trinajstić information content (AvgIpc) is 2.81. The van der Waals surface area contributed by atoms with Gasteiger partial charge in [0.2, 0.25) is 0 Å². The molecule has 2 aromatic rings. The van der Waals surface area contributed by atoms with E-state index in [1.165, 1.54) is 0 Å². The van der Waals surface area contributed by atoms with E-state index >= 15 is 0 Å². The van der Waals surface area contributed by atoms with Gasteiger partial charge in [-0.1, -0.05) is 18.2 Å². The first-order chi connectivity index (χ1) is 8.78. The van der Waals surface area contributed by atoms with Crippen LogP contribution in [0.2, 0.25) is 0 Å². The van der Waals surface area contributed by atoms with E-state index in [0.717, 1.165) is 22.9 Å². The molecular formula is C13H17N3OS. The lowest BCUT2D eigenvalue weighted by molar-refractivity contribution is 0.264. The maximum Gasteiger partial charge on any atom is 0.119 e. The first-order valence-electron chi connectivity index (χ1n) is 5.83. The zero-order chi connectivity index (χ0) is 12.8. The number of hydrazine groups is 1. The lowest BCUT2D eigenvalue weighted by atomic mass is 10.2. The smallest absolute Gasteiger partial charge is 0.119 e. The van der Waals surface area contributed by atoms with Gasteiger partial charge in [0.05, 0.1) is 11.0 Å². The first-order valence-corrected chi connectivity index (χ1v) is 6.71. The summed E-state index contributed by atoms with van der Waals surface area (Å²) in [6.07, 6.45) is 0.780. The second kappa shape index (κ2) is 6.49. The van der Waals surface area contributed by atoms with Crippen LogP contribution >= 0.6 is 11.3 Å². The number of nitrogens with two attached hydrogens (primary N) is 1. The maximum atomic E-state index is 5.67. The van der Waals surface area contributed by atoms with Crippen molar-refractivity contribution >= 4 is 11.3 Å². The predicted molar refractivity (Wildman–Crippen MR) is 73.6 cm³/mol. The van der Waals surface area contributed by atoms with E-state index in [1.54, 1.807) is 11.3 Å². The number of hydrogen-bond donors (Lipinski definition) is 2. The molecule has 0 radical (unpaired) electrons. The van der Waals surface area contributed by atoms with Crippen LogP contribution in [0.15, 0.2) is 35.7 Å². The molecule has 1 unspecified atom stereocenters. The highest BCUT2D eigenvalue weighted by molar-refractivity contribution is 7.09. The van der Waals surface area contributed by atoms with Gasteiger partial charge in [0.25, 0.3) is 0 Å². The third-order valence-electron chi connectivity index (χ3n) is 2.52. The van der Waals surface area contributed by atoms with Crippen LogP contribution in [0.4, 0.5) is 0 Å². The van der Waals surface area contributed by atoms with Gasteiger partial charge in [-0.15, -0.1) is 11.3 Å². The molecule has 1 aromatic carbocycles. The topological polar surface area (TPSA) is 60.2 Å². The molecule has 0 saturated carbocycles. The van der Waals surface area contributed by atoms with Crippen molar-refractivity contribution < 1.29 is 4.74 Å². The third kappa shape index (κ3) is 3.80. The van der Waals surface area contributed by atoms with Crippen LogP contribution in [0.5, 0.6) is 5.75 Å². The zero-order valence-corrected chi connectivity index (χ0v) is 11.1. The second-order valence-corrected chi connectivity index (χ2v) is 5.02. The largest absolute Gasteiger partial charge is 0.492 e. The molecule has 1 aromatic heterocycles. The standard InChI is InChI=1S/C13H17N3OS/c1-10-9-18-13(15-10)7-11(16-14)8-17-12-5-3-2-4-6-12/h2-6,9,11,16H,7-8,14H2,1H3. The van der Waals surface area contributed by atoms with E-state index in [9.17, 15) is 0 Å². The molecule has 0 aliphatic carbocycles. The number of benzene rings is 1. The Bertz CT molecular complexity index is 472. The Morgan fingerprint density at radius 1 is 1.39 bits per heavy atom. The number of thiazole rings is 1. The highest BCUT2D eigenvalue weighted by Gasteiger charge is 2.11. The Labute approximate surface area is 111 Å². The molecule has 96 valence electrons. The van der Waals surface area contributed by atoms with Gasteiger partial charge >= 0.3 is 0 Å². The number of rotatable bonds is 6. The van der Waals surface area contributed by atoms with Gasteiger partial charge in [-0.3, -0.25) is 11.3 Å². The fraction of sp³-hybridized carbons (Fsp3) is 0.308. The number of aryl methyl sites for hydroxylation is 1. The summed E-state index contributed by atoms with van der Waals surface area (Å²) in [4.78, 5) is 4.42. The van der Waals surface area contributed by atoms with Crippen molar-refractivity contribution in [3.05, 3.63) is 46.4 Å². The molecular weight excluding hydrogens is 246 g/mol. The Hall–Kier alpha value is -1.43. The van der Waals surface area contributed by atoms with Crippen LogP contribution in [-0.2, 0) is 6.42 Å². The number of nitrogens with one attached hydrogen (secondary N) is 1. The molecule has 2 rings (SSSR count). The summed E-state index contributed by atoms with van der Waals surface area (Å²) >= 11 is 1.65. The molecule has 0 spiro atoms. The summed E-state index contributed by atoms with van der Waals surface area (Å²) in [5.41, 5.74) is 3.82. The molecule has 0 fully saturated rings. The Balaban J connectivity index is 1.86. The minimum absolute atomic E-state index is 0.0655. The molecule has 0 bridgehead atoms. The van der Waals surface area contributed by atoms with E-state index < -0.39 is 0 Å². The molecule has 1 atom stereocenters. The molecule has 1 heterocycles. The Kier molecular flexibility index (Phi) is 4.69. The third-order valence-corrected chi connectivity index (χ3v) is 3.51. The van der Waals surface area contributed by atoms with Gasteiger partial charge in [-0.25, -0.2) is 4.98 Å². The SMILES string of the molecule is Cc1csc(CC(COc2ccccc2)NN)n1. The van der Waals surface area contributed by atoms with Crippen molar-refractivity contribution in [2.24, 2.45) is 5.84 Å². The monoisotopic (exact) mass is 263 g/mol. The van der Waals surface area contributed by atoms with Gasteiger partial charge in [-0.2, -0.15) is 0 Å². The van der Waals surface area contributed by atoms with Crippen molar-refractivity contribution in [3.8, 4) is 5.75 Å². The van der Waals surface area contributed by atoms with Crippen molar-refractivity contribution in [1.29, 1.82) is 0 Å². The summed E-state index contributed by atoms with van der Waals surface area (Å²) in [5.74, 6) is 6.39. The van der Waals surface area contributed by atoms with Crippen LogP contribution in [-0.4, -0.2) is 17.6 Å². The highest BCUT2D eigenvalue weighted by Crippen LogP contribution is 2.13. The zero-order valence-electron chi connectivity index (χ0n) is 10.3. The van der Waals surface area contributed by atoms with Gasteiger partial charge < -0.3 is 4.74 Å². The fourth-order valence-electron chi connectivity index (χ4n) is 1.59. The number of ether oxygens (including phenoxy) is 1. The van der Waals surface area contributed by atoms with Crippen molar-refractivity contribution in [2.75, 3.05) is 6.61 Å². The predicted octanol–water partition coefficient (Wildman–Crippen LogP) is 1.90. The molecule has 0 amide bonds. The fourth-order valence-corrected chi connectivity index (χ4v) is 2.44. The number of hydrogen-bond acceptors (Lipinski definition) is 5. The molecule has 0 saturated heterocycles. The number of para-hydroxylation sites is 1. The van der Waals surface area contributed by atoms with Gasteiger partial charge in [0, 0.05) is 17.5 Å². The van der Waals surface area contributed by atoms with Crippen LogP contribution in [0.3, 0.4) is 0 Å². The Morgan fingerprint density at radius 2 is 2.17 bits per heavy atom. The molecule has 3 N–H and O–H groups in total. The van der Waals surface area contributed by atoms with E-state index in [1.807, 2.05) is 42.6 Å². The first kappa shape index (κ1) is 13.0.